The molecule has 0 amide bonds. The van der Waals surface area contributed by atoms with Gasteiger partial charge in [-0.3, -0.25) is 0 Å². The Morgan fingerprint density at radius 2 is 1.44 bits per heavy atom. The van der Waals surface area contributed by atoms with Gasteiger partial charge in [0.25, 0.3) is 0 Å². The summed E-state index contributed by atoms with van der Waals surface area (Å²) in [6.07, 6.45) is -0.609. The number of hydrogen-bond acceptors (Lipinski definition) is 0. The van der Waals surface area contributed by atoms with E-state index < -0.39 is 35.2 Å². The first kappa shape index (κ1) is 11.9. The summed E-state index contributed by atoms with van der Waals surface area (Å²) in [6, 6.07) is 1.82. The monoisotopic (exact) mass is 265 g/mol. The predicted octanol–water partition coefficient (Wildman–Crippen LogP) is 4.13. The lowest BCUT2D eigenvalue weighted by Gasteiger charge is -2.75. The third-order valence-corrected chi connectivity index (χ3v) is 4.37. The summed E-state index contributed by atoms with van der Waals surface area (Å²) < 4.78 is 77.4. The summed E-state index contributed by atoms with van der Waals surface area (Å²) in [7, 11) is 0. The van der Waals surface area contributed by atoms with Crippen LogP contribution in [0.2, 0.25) is 5.31 Å². The molecule has 98 valence electrons. The number of hydrogen-bond donors (Lipinski definition) is 0. The fourth-order valence-electron chi connectivity index (χ4n) is 3.43. The zero-order valence-electron chi connectivity index (χ0n) is 9.12. The van der Waals surface area contributed by atoms with Crippen LogP contribution in [-0.2, 0) is 5.41 Å². The lowest BCUT2D eigenvalue weighted by atomic mass is 9.23. The molecular formula is C11H8BF6-. The van der Waals surface area contributed by atoms with Gasteiger partial charge >= 0.3 is 6.98 Å². The second-order valence-corrected chi connectivity index (χ2v) is 5.47. The van der Waals surface area contributed by atoms with Crippen molar-refractivity contribution >= 4 is 6.98 Å². The van der Waals surface area contributed by atoms with E-state index in [4.69, 9.17) is 0 Å². The molecule has 0 spiro atoms. The molecule has 3 aliphatic carbocycles. The molecule has 0 radical (unpaired) electrons. The van der Waals surface area contributed by atoms with Crippen molar-refractivity contribution in [1.82, 2.24) is 0 Å². The van der Waals surface area contributed by atoms with E-state index in [1.54, 1.807) is 0 Å². The predicted molar refractivity (Wildman–Crippen MR) is 53.6 cm³/mol. The van der Waals surface area contributed by atoms with Gasteiger partial charge in [-0.15, -0.1) is 0 Å². The van der Waals surface area contributed by atoms with Gasteiger partial charge in [-0.1, -0.05) is 30.6 Å². The summed E-state index contributed by atoms with van der Waals surface area (Å²) in [5, 5.41) is -1.67. The van der Waals surface area contributed by atoms with E-state index in [2.05, 4.69) is 0 Å². The van der Waals surface area contributed by atoms with Crippen LogP contribution in [0.4, 0.5) is 26.1 Å². The van der Waals surface area contributed by atoms with Crippen molar-refractivity contribution in [2.45, 2.75) is 30.0 Å². The van der Waals surface area contributed by atoms with E-state index in [0.29, 0.717) is 0 Å². The van der Waals surface area contributed by atoms with Crippen LogP contribution in [0, 0.1) is 17.5 Å². The summed E-state index contributed by atoms with van der Waals surface area (Å²) in [6.45, 7) is -4.95. The minimum Gasteiger partial charge on any atom is -0.449 e. The molecule has 3 fully saturated rings. The summed E-state index contributed by atoms with van der Waals surface area (Å²) >= 11 is 0. The second kappa shape index (κ2) is 3.06. The van der Waals surface area contributed by atoms with Gasteiger partial charge in [0.2, 0.25) is 0 Å². The number of benzene rings is 1. The van der Waals surface area contributed by atoms with Gasteiger partial charge in [-0.05, 0) is 17.0 Å². The highest BCUT2D eigenvalue weighted by Gasteiger charge is 2.74. The molecule has 0 nitrogen and oxygen atoms in total. The lowest BCUT2D eigenvalue weighted by Crippen LogP contribution is -2.67. The Labute approximate surface area is 99.0 Å². The Morgan fingerprint density at radius 1 is 0.889 bits per heavy atom. The summed E-state index contributed by atoms with van der Waals surface area (Å²) in [5.41, 5.74) is -1.06. The lowest BCUT2D eigenvalue weighted by molar-refractivity contribution is -0.0428. The van der Waals surface area contributed by atoms with Gasteiger partial charge in [-0.25, -0.2) is 13.2 Å². The molecule has 0 aliphatic heterocycles. The molecular weight excluding hydrogens is 257 g/mol. The highest BCUT2D eigenvalue weighted by Crippen LogP contribution is 2.82. The molecule has 3 aliphatic rings. The van der Waals surface area contributed by atoms with Gasteiger partial charge in [0.15, 0.2) is 17.5 Å². The molecule has 4 rings (SSSR count). The fourth-order valence-corrected chi connectivity index (χ4v) is 3.43. The molecule has 0 N–H and O–H groups in total. The van der Waals surface area contributed by atoms with Gasteiger partial charge in [0.1, 0.15) is 0 Å². The van der Waals surface area contributed by atoms with E-state index in [0.717, 1.165) is 12.1 Å². The molecule has 0 saturated heterocycles. The zero-order valence-corrected chi connectivity index (χ0v) is 9.12. The van der Waals surface area contributed by atoms with E-state index in [-0.39, 0.29) is 24.8 Å². The molecule has 1 aromatic rings. The van der Waals surface area contributed by atoms with Crippen molar-refractivity contribution in [3.05, 3.63) is 35.1 Å². The molecule has 7 heteroatoms. The molecule has 0 unspecified atom stereocenters. The van der Waals surface area contributed by atoms with Crippen molar-refractivity contribution in [3.63, 3.8) is 0 Å². The standard InChI is InChI=1S/C11H8BF6/c13-7-2-1-6(8(14)9(7)15)10-3-11(4-10,5-10)12(16,17)18/h1-2H,3-5H2/q-1. The third-order valence-electron chi connectivity index (χ3n) is 4.37. The van der Waals surface area contributed by atoms with E-state index in [9.17, 15) is 26.1 Å². The molecule has 18 heavy (non-hydrogen) atoms. The van der Waals surface area contributed by atoms with E-state index >= 15 is 0 Å². The summed E-state index contributed by atoms with van der Waals surface area (Å²) in [5.74, 6) is -4.28. The highest BCUT2D eigenvalue weighted by molar-refractivity contribution is 6.63. The first-order valence-corrected chi connectivity index (χ1v) is 5.54. The van der Waals surface area contributed by atoms with Crippen LogP contribution in [0.1, 0.15) is 24.8 Å². The Bertz CT molecular complexity index is 515. The molecule has 3 saturated carbocycles. The molecule has 0 heterocycles. The van der Waals surface area contributed by atoms with Crippen molar-refractivity contribution in [2.75, 3.05) is 0 Å². The van der Waals surface area contributed by atoms with Crippen LogP contribution in [0.3, 0.4) is 0 Å². The van der Waals surface area contributed by atoms with Crippen LogP contribution in [0.25, 0.3) is 0 Å². The van der Waals surface area contributed by atoms with Crippen LogP contribution < -0.4 is 0 Å². The van der Waals surface area contributed by atoms with Crippen molar-refractivity contribution in [2.24, 2.45) is 0 Å². The van der Waals surface area contributed by atoms with Crippen molar-refractivity contribution < 1.29 is 26.1 Å². The average molecular weight is 265 g/mol. The van der Waals surface area contributed by atoms with Gasteiger partial charge in [-0.2, -0.15) is 0 Å². The molecule has 0 atom stereocenters. The zero-order chi connectivity index (χ0) is 13.3. The maximum Gasteiger partial charge on any atom is 0.484 e. The number of rotatable bonds is 2. The van der Waals surface area contributed by atoms with Crippen molar-refractivity contribution in [3.8, 4) is 0 Å². The van der Waals surface area contributed by atoms with Gasteiger partial charge in [0, 0.05) is 0 Å². The van der Waals surface area contributed by atoms with E-state index in [1.807, 2.05) is 0 Å². The third kappa shape index (κ3) is 1.20. The van der Waals surface area contributed by atoms with Crippen molar-refractivity contribution in [1.29, 1.82) is 0 Å². The Kier molecular flexibility index (Phi) is 2.03. The molecule has 0 aromatic heterocycles. The number of halogens is 6. The summed E-state index contributed by atoms with van der Waals surface area (Å²) in [4.78, 5) is 0. The maximum absolute atomic E-state index is 13.5. The molecule has 2 bridgehead atoms. The largest absolute Gasteiger partial charge is 0.484 e. The first-order chi connectivity index (χ1) is 8.21. The Balaban J connectivity index is 1.92. The first-order valence-electron chi connectivity index (χ1n) is 5.54. The van der Waals surface area contributed by atoms with Crippen LogP contribution >= 0.6 is 0 Å². The topological polar surface area (TPSA) is 0 Å². The normalized spacial score (nSPS) is 33.9. The molecule has 1 aromatic carbocycles. The van der Waals surface area contributed by atoms with Gasteiger partial charge in [0.05, 0.1) is 0 Å². The fraction of sp³-hybridized carbons (Fsp3) is 0.455. The minimum absolute atomic E-state index is 0.122. The quantitative estimate of drug-likeness (QED) is 0.428. The maximum atomic E-state index is 13.5. The second-order valence-electron chi connectivity index (χ2n) is 5.47. The van der Waals surface area contributed by atoms with Crippen LogP contribution in [-0.4, -0.2) is 6.98 Å². The van der Waals surface area contributed by atoms with E-state index in [1.165, 1.54) is 0 Å². The minimum atomic E-state index is -4.95. The Morgan fingerprint density at radius 3 is 1.94 bits per heavy atom. The SMILES string of the molecule is Fc1ccc(C23CC([B-](F)(F)F)(C2)C3)c(F)c1F. The van der Waals surface area contributed by atoms with Crippen LogP contribution in [0.15, 0.2) is 12.1 Å². The Hall–Kier alpha value is -1.14. The average Bonchev–Trinajstić information content (AvgIpc) is 2.12. The van der Waals surface area contributed by atoms with Crippen LogP contribution in [0.5, 0.6) is 0 Å². The van der Waals surface area contributed by atoms with Gasteiger partial charge < -0.3 is 12.9 Å². The highest BCUT2D eigenvalue weighted by atomic mass is 19.4. The smallest absolute Gasteiger partial charge is 0.449 e.